The molecule has 0 aliphatic carbocycles. The third-order valence-corrected chi connectivity index (χ3v) is 4.17. The molecular weight excluding hydrogens is 298 g/mol. The Bertz CT molecular complexity index is 768. The number of nitrogens with one attached hydrogen (secondary N) is 1. The van der Waals surface area contributed by atoms with Crippen LogP contribution in [0.1, 0.15) is 29.3 Å². The predicted octanol–water partition coefficient (Wildman–Crippen LogP) is 0.910. The van der Waals surface area contributed by atoms with E-state index < -0.39 is 17.8 Å². The van der Waals surface area contributed by atoms with Crippen molar-refractivity contribution >= 4 is 22.7 Å². The van der Waals surface area contributed by atoms with Crippen LogP contribution in [0.5, 0.6) is 5.88 Å². The molecule has 2 aromatic rings. The maximum absolute atomic E-state index is 12.5. The zero-order valence-electron chi connectivity index (χ0n) is 13.1. The number of hydrogen-bond donors (Lipinski definition) is 2. The first kappa shape index (κ1) is 15.5. The zero-order valence-corrected chi connectivity index (χ0v) is 13.1. The van der Waals surface area contributed by atoms with Crippen molar-refractivity contribution in [2.45, 2.75) is 25.9 Å². The summed E-state index contributed by atoms with van der Waals surface area (Å²) in [4.78, 5) is 33.5. The zero-order chi connectivity index (χ0) is 16.6. The van der Waals surface area contributed by atoms with E-state index in [-0.39, 0.29) is 6.54 Å². The van der Waals surface area contributed by atoms with Crippen molar-refractivity contribution in [3.63, 3.8) is 0 Å². The SMILES string of the molecule is CCc1cc2c(C(=O)C(=O)N3CCC(O)C3)c[nH]c2nc1OC. The molecule has 1 fully saturated rings. The molecule has 0 radical (unpaired) electrons. The molecule has 1 amide bonds. The molecule has 3 heterocycles. The van der Waals surface area contributed by atoms with Crippen molar-refractivity contribution in [2.75, 3.05) is 20.2 Å². The fourth-order valence-electron chi connectivity index (χ4n) is 2.87. The Morgan fingerprint density at radius 1 is 1.52 bits per heavy atom. The number of ketones is 1. The highest BCUT2D eigenvalue weighted by atomic mass is 16.5. The van der Waals surface area contributed by atoms with Gasteiger partial charge in [-0.1, -0.05) is 6.92 Å². The summed E-state index contributed by atoms with van der Waals surface area (Å²) in [5.74, 6) is -0.662. The number of aryl methyl sites for hydroxylation is 1. The van der Waals surface area contributed by atoms with Crippen LogP contribution in [-0.4, -0.2) is 58.0 Å². The smallest absolute Gasteiger partial charge is 0.295 e. The van der Waals surface area contributed by atoms with Gasteiger partial charge in [0.05, 0.1) is 18.8 Å². The van der Waals surface area contributed by atoms with Crippen LogP contribution in [0.3, 0.4) is 0 Å². The Morgan fingerprint density at radius 3 is 2.91 bits per heavy atom. The second-order valence-corrected chi connectivity index (χ2v) is 5.63. The molecule has 0 aromatic carbocycles. The summed E-state index contributed by atoms with van der Waals surface area (Å²) in [7, 11) is 1.55. The second kappa shape index (κ2) is 6.00. The van der Waals surface area contributed by atoms with E-state index in [9.17, 15) is 14.7 Å². The molecule has 122 valence electrons. The monoisotopic (exact) mass is 317 g/mol. The van der Waals surface area contributed by atoms with E-state index in [0.29, 0.717) is 41.9 Å². The van der Waals surface area contributed by atoms with Crippen LogP contribution in [0.25, 0.3) is 11.0 Å². The third kappa shape index (κ3) is 2.68. The molecule has 7 nitrogen and oxygen atoms in total. The van der Waals surface area contributed by atoms with Crippen molar-refractivity contribution in [3.05, 3.63) is 23.4 Å². The number of carbonyl (C=O) groups is 2. The molecule has 0 saturated carbocycles. The van der Waals surface area contributed by atoms with Gasteiger partial charge in [0.1, 0.15) is 5.65 Å². The van der Waals surface area contributed by atoms with Crippen molar-refractivity contribution < 1.29 is 19.4 Å². The number of carbonyl (C=O) groups excluding carboxylic acids is 2. The number of amides is 1. The van der Waals surface area contributed by atoms with Crippen LogP contribution in [0.4, 0.5) is 0 Å². The number of rotatable bonds is 4. The maximum Gasteiger partial charge on any atom is 0.295 e. The first-order chi connectivity index (χ1) is 11.0. The molecule has 1 saturated heterocycles. The molecular formula is C16H19N3O4. The van der Waals surface area contributed by atoms with Gasteiger partial charge in [0.25, 0.3) is 11.7 Å². The van der Waals surface area contributed by atoms with E-state index in [1.54, 1.807) is 7.11 Å². The lowest BCUT2D eigenvalue weighted by Crippen LogP contribution is -2.35. The second-order valence-electron chi connectivity index (χ2n) is 5.63. The predicted molar refractivity (Wildman–Crippen MR) is 83.6 cm³/mol. The van der Waals surface area contributed by atoms with Gasteiger partial charge in [-0.25, -0.2) is 0 Å². The molecule has 1 aliphatic rings. The molecule has 2 N–H and O–H groups in total. The number of H-pyrrole nitrogens is 1. The van der Waals surface area contributed by atoms with E-state index in [0.717, 1.165) is 5.56 Å². The number of Topliss-reactive ketones (excluding diaryl/α,β-unsaturated/α-hetero) is 1. The number of aliphatic hydroxyl groups is 1. The summed E-state index contributed by atoms with van der Waals surface area (Å²) >= 11 is 0. The van der Waals surface area contributed by atoms with E-state index in [2.05, 4.69) is 9.97 Å². The van der Waals surface area contributed by atoms with Gasteiger partial charge in [0.15, 0.2) is 0 Å². The standard InChI is InChI=1S/C16H19N3O4/c1-3-9-6-11-12(7-17-14(11)18-15(9)23-2)13(21)16(22)19-5-4-10(20)8-19/h6-7,10,20H,3-5,8H2,1-2H3,(H,17,18). The van der Waals surface area contributed by atoms with Crippen molar-refractivity contribution in [1.82, 2.24) is 14.9 Å². The Morgan fingerprint density at radius 2 is 2.30 bits per heavy atom. The summed E-state index contributed by atoms with van der Waals surface area (Å²) in [6.45, 7) is 2.58. The van der Waals surface area contributed by atoms with Gasteiger partial charge in [-0.15, -0.1) is 0 Å². The normalized spacial score (nSPS) is 17.7. The molecule has 7 heteroatoms. The number of nitrogens with zero attached hydrogens (tertiary/aromatic N) is 2. The molecule has 0 spiro atoms. The average molecular weight is 317 g/mol. The van der Waals surface area contributed by atoms with Gasteiger partial charge in [0, 0.05) is 30.2 Å². The topological polar surface area (TPSA) is 95.5 Å². The number of methoxy groups -OCH3 is 1. The van der Waals surface area contributed by atoms with Crippen molar-refractivity contribution in [2.24, 2.45) is 0 Å². The fraction of sp³-hybridized carbons (Fsp3) is 0.438. The van der Waals surface area contributed by atoms with E-state index >= 15 is 0 Å². The lowest BCUT2D eigenvalue weighted by molar-refractivity contribution is -0.125. The molecule has 1 unspecified atom stereocenters. The lowest BCUT2D eigenvalue weighted by Gasteiger charge is -2.14. The van der Waals surface area contributed by atoms with Gasteiger partial charge in [-0.05, 0) is 18.9 Å². The summed E-state index contributed by atoms with van der Waals surface area (Å²) in [5, 5.41) is 10.1. The quantitative estimate of drug-likeness (QED) is 0.645. The lowest BCUT2D eigenvalue weighted by atomic mass is 10.1. The highest BCUT2D eigenvalue weighted by Gasteiger charge is 2.31. The van der Waals surface area contributed by atoms with Crippen LogP contribution in [0.15, 0.2) is 12.3 Å². The van der Waals surface area contributed by atoms with Crippen LogP contribution in [-0.2, 0) is 11.2 Å². The Kier molecular flexibility index (Phi) is 4.04. The summed E-state index contributed by atoms with van der Waals surface area (Å²) in [6.07, 6.45) is 2.17. The molecule has 3 rings (SSSR count). The van der Waals surface area contributed by atoms with Crippen LogP contribution in [0, 0.1) is 0 Å². The van der Waals surface area contributed by atoms with Crippen LogP contribution < -0.4 is 4.74 Å². The van der Waals surface area contributed by atoms with E-state index in [1.807, 2.05) is 13.0 Å². The number of likely N-dealkylation sites (tertiary alicyclic amines) is 1. The Hall–Kier alpha value is -2.41. The van der Waals surface area contributed by atoms with Crippen LogP contribution >= 0.6 is 0 Å². The minimum atomic E-state index is -0.587. The number of aromatic amines is 1. The summed E-state index contributed by atoms with van der Waals surface area (Å²) in [6, 6.07) is 1.83. The average Bonchev–Trinajstić information content (AvgIpc) is 3.17. The van der Waals surface area contributed by atoms with Gasteiger partial charge < -0.3 is 19.7 Å². The largest absolute Gasteiger partial charge is 0.481 e. The van der Waals surface area contributed by atoms with Crippen molar-refractivity contribution in [1.29, 1.82) is 0 Å². The Labute approximate surface area is 133 Å². The molecule has 1 atom stereocenters. The van der Waals surface area contributed by atoms with Crippen LogP contribution in [0.2, 0.25) is 0 Å². The van der Waals surface area contributed by atoms with E-state index in [1.165, 1.54) is 11.1 Å². The first-order valence-corrected chi connectivity index (χ1v) is 7.61. The molecule has 2 aromatic heterocycles. The fourth-order valence-corrected chi connectivity index (χ4v) is 2.87. The molecule has 23 heavy (non-hydrogen) atoms. The number of hydrogen-bond acceptors (Lipinski definition) is 5. The highest BCUT2D eigenvalue weighted by Crippen LogP contribution is 2.25. The minimum Gasteiger partial charge on any atom is -0.481 e. The van der Waals surface area contributed by atoms with Gasteiger partial charge in [-0.3, -0.25) is 9.59 Å². The van der Waals surface area contributed by atoms with E-state index in [4.69, 9.17) is 4.74 Å². The van der Waals surface area contributed by atoms with Crippen molar-refractivity contribution in [3.8, 4) is 5.88 Å². The minimum absolute atomic E-state index is 0.208. The van der Waals surface area contributed by atoms with Gasteiger partial charge in [-0.2, -0.15) is 4.98 Å². The first-order valence-electron chi connectivity index (χ1n) is 7.61. The third-order valence-electron chi connectivity index (χ3n) is 4.17. The summed E-state index contributed by atoms with van der Waals surface area (Å²) in [5.41, 5.74) is 1.69. The number of aromatic nitrogens is 2. The highest BCUT2D eigenvalue weighted by molar-refractivity contribution is 6.44. The number of aliphatic hydroxyl groups excluding tert-OH is 1. The molecule has 1 aliphatic heterocycles. The number of ether oxygens (including phenoxy) is 1. The maximum atomic E-state index is 12.5. The number of fused-ring (bicyclic) bond motifs is 1. The number of β-amino-alcohol motifs (C(OH)–C–C–N with tert-alkyl or cyclic N) is 1. The molecule has 0 bridgehead atoms. The Balaban J connectivity index is 1.96. The summed E-state index contributed by atoms with van der Waals surface area (Å²) < 4.78 is 5.24. The number of pyridine rings is 1. The van der Waals surface area contributed by atoms with Gasteiger partial charge in [0.2, 0.25) is 5.88 Å². The van der Waals surface area contributed by atoms with Gasteiger partial charge >= 0.3 is 0 Å².